The predicted molar refractivity (Wildman–Crippen MR) is 84.9 cm³/mol. The molecular formula is C18H22FNS. The molecule has 0 saturated heterocycles. The van der Waals surface area contributed by atoms with Crippen molar-refractivity contribution in [2.24, 2.45) is 17.8 Å². The van der Waals surface area contributed by atoms with Crippen molar-refractivity contribution < 1.29 is 4.39 Å². The van der Waals surface area contributed by atoms with Crippen molar-refractivity contribution in [1.29, 1.82) is 0 Å². The van der Waals surface area contributed by atoms with E-state index in [2.05, 4.69) is 11.4 Å². The van der Waals surface area contributed by atoms with Crippen molar-refractivity contribution in [3.05, 3.63) is 27.2 Å². The molecular weight excluding hydrogens is 281 g/mol. The molecule has 0 unspecified atom stereocenters. The van der Waals surface area contributed by atoms with Crippen molar-refractivity contribution in [3.63, 3.8) is 0 Å². The van der Waals surface area contributed by atoms with Gasteiger partial charge in [-0.05, 0) is 67.9 Å². The molecule has 1 nitrogen and oxygen atoms in total. The van der Waals surface area contributed by atoms with Gasteiger partial charge in [0, 0.05) is 23.4 Å². The molecule has 0 aromatic carbocycles. The molecule has 1 aromatic heterocycles. The molecule has 5 aliphatic rings. The van der Waals surface area contributed by atoms with Gasteiger partial charge in [-0.15, -0.1) is 11.3 Å². The topological polar surface area (TPSA) is 12.0 Å². The third-order valence-electron chi connectivity index (χ3n) is 6.29. The minimum Gasteiger partial charge on any atom is -0.307 e. The molecule has 1 aromatic rings. The fourth-order valence-corrected chi connectivity index (χ4v) is 6.80. The van der Waals surface area contributed by atoms with Crippen LogP contribution in [0.25, 0.3) is 6.08 Å². The van der Waals surface area contributed by atoms with E-state index in [0.29, 0.717) is 5.54 Å². The molecule has 5 aliphatic carbocycles. The number of fused-ring (bicyclic) bond motifs is 1. The van der Waals surface area contributed by atoms with Crippen molar-refractivity contribution in [3.8, 4) is 0 Å². The summed E-state index contributed by atoms with van der Waals surface area (Å²) in [6.45, 7) is 1.01. The molecule has 1 N–H and O–H groups in total. The SMILES string of the molecule is Fc1cc2c(s1)CC(CNC13CC4CC(CC(C4)C1)C3)=C2. The maximum Gasteiger partial charge on any atom is 0.177 e. The molecule has 0 atom stereocenters. The fraction of sp³-hybridized carbons (Fsp3) is 0.667. The third kappa shape index (κ3) is 2.12. The first-order valence-electron chi connectivity index (χ1n) is 8.40. The summed E-state index contributed by atoms with van der Waals surface area (Å²) < 4.78 is 13.2. The second kappa shape index (κ2) is 4.42. The van der Waals surface area contributed by atoms with Crippen molar-refractivity contribution in [2.75, 3.05) is 6.54 Å². The zero-order valence-corrected chi connectivity index (χ0v) is 13.1. The summed E-state index contributed by atoms with van der Waals surface area (Å²) in [7, 11) is 0. The summed E-state index contributed by atoms with van der Waals surface area (Å²) in [6.07, 6.45) is 11.9. The maximum absolute atomic E-state index is 13.2. The van der Waals surface area contributed by atoms with Crippen molar-refractivity contribution in [1.82, 2.24) is 5.32 Å². The van der Waals surface area contributed by atoms with E-state index >= 15 is 0 Å². The average molecular weight is 303 g/mol. The standard InChI is InChI=1S/C18H22FNS/c19-17-6-15-4-14(5-16(15)21-17)10-20-18-7-11-1-12(8-18)3-13(2-11)9-18/h4,6,11-13,20H,1-3,5,7-10H2. The lowest BCUT2D eigenvalue weighted by atomic mass is 9.53. The summed E-state index contributed by atoms with van der Waals surface area (Å²) in [6, 6.07) is 1.69. The highest BCUT2D eigenvalue weighted by Gasteiger charge is 2.50. The Morgan fingerprint density at radius 2 is 1.81 bits per heavy atom. The highest BCUT2D eigenvalue weighted by molar-refractivity contribution is 7.10. The maximum atomic E-state index is 13.2. The normalized spacial score (nSPS) is 39.7. The van der Waals surface area contributed by atoms with Crippen LogP contribution in [0.2, 0.25) is 0 Å². The van der Waals surface area contributed by atoms with E-state index in [0.717, 1.165) is 36.3 Å². The monoisotopic (exact) mass is 303 g/mol. The lowest BCUT2D eigenvalue weighted by Crippen LogP contribution is -2.58. The van der Waals surface area contributed by atoms with Gasteiger partial charge in [0.2, 0.25) is 0 Å². The molecule has 4 bridgehead atoms. The summed E-state index contributed by atoms with van der Waals surface area (Å²) in [5.74, 6) is 2.99. The second-order valence-corrected chi connectivity index (χ2v) is 9.05. The molecule has 3 heteroatoms. The first-order valence-corrected chi connectivity index (χ1v) is 9.22. The first kappa shape index (κ1) is 12.8. The zero-order valence-electron chi connectivity index (χ0n) is 12.3. The average Bonchev–Trinajstić information content (AvgIpc) is 2.91. The van der Waals surface area contributed by atoms with Crippen molar-refractivity contribution in [2.45, 2.75) is 50.5 Å². The molecule has 112 valence electrons. The molecule has 0 aliphatic heterocycles. The highest BCUT2D eigenvalue weighted by atomic mass is 32.1. The number of nitrogens with one attached hydrogen (secondary N) is 1. The van der Waals surface area contributed by atoms with Gasteiger partial charge in [-0.25, -0.2) is 0 Å². The van der Waals surface area contributed by atoms with E-state index in [1.165, 1.54) is 60.3 Å². The number of halogens is 1. The van der Waals surface area contributed by atoms with Crippen LogP contribution in [-0.4, -0.2) is 12.1 Å². The smallest absolute Gasteiger partial charge is 0.177 e. The van der Waals surface area contributed by atoms with Gasteiger partial charge in [-0.1, -0.05) is 11.6 Å². The molecule has 4 saturated carbocycles. The molecule has 6 rings (SSSR count). The van der Waals surface area contributed by atoms with Crippen LogP contribution in [0, 0.1) is 22.9 Å². The Labute approximate surface area is 129 Å². The number of hydrogen-bond donors (Lipinski definition) is 1. The molecule has 21 heavy (non-hydrogen) atoms. The van der Waals surface area contributed by atoms with Gasteiger partial charge >= 0.3 is 0 Å². The van der Waals surface area contributed by atoms with Crippen LogP contribution in [0.15, 0.2) is 11.6 Å². The zero-order chi connectivity index (χ0) is 14.0. The summed E-state index contributed by atoms with van der Waals surface area (Å²) >= 11 is 1.32. The van der Waals surface area contributed by atoms with Crippen LogP contribution in [-0.2, 0) is 6.42 Å². The molecule has 0 radical (unpaired) electrons. The van der Waals surface area contributed by atoms with Gasteiger partial charge in [-0.2, -0.15) is 4.39 Å². The van der Waals surface area contributed by atoms with Crippen LogP contribution in [0.5, 0.6) is 0 Å². The lowest BCUT2D eigenvalue weighted by molar-refractivity contribution is -0.0182. The summed E-state index contributed by atoms with van der Waals surface area (Å²) in [4.78, 5) is 1.22. The summed E-state index contributed by atoms with van der Waals surface area (Å²) in [5.41, 5.74) is 3.02. The van der Waals surface area contributed by atoms with Crippen LogP contribution in [0.3, 0.4) is 0 Å². The second-order valence-electron chi connectivity index (χ2n) is 7.96. The van der Waals surface area contributed by atoms with Crippen LogP contribution in [0.4, 0.5) is 4.39 Å². The van der Waals surface area contributed by atoms with Crippen LogP contribution >= 0.6 is 11.3 Å². The first-order chi connectivity index (χ1) is 10.2. The Bertz CT molecular complexity index is 579. The van der Waals surface area contributed by atoms with Gasteiger partial charge in [0.25, 0.3) is 0 Å². The van der Waals surface area contributed by atoms with E-state index in [4.69, 9.17) is 0 Å². The van der Waals surface area contributed by atoms with E-state index in [1.54, 1.807) is 6.07 Å². The molecule has 0 spiro atoms. The van der Waals surface area contributed by atoms with Crippen LogP contribution in [0.1, 0.15) is 49.0 Å². The van der Waals surface area contributed by atoms with E-state index in [-0.39, 0.29) is 5.13 Å². The fourth-order valence-electron chi connectivity index (χ4n) is 5.89. The van der Waals surface area contributed by atoms with Crippen molar-refractivity contribution >= 4 is 17.4 Å². The Balaban J connectivity index is 1.29. The van der Waals surface area contributed by atoms with Crippen LogP contribution < -0.4 is 5.32 Å². The number of hydrogen-bond acceptors (Lipinski definition) is 2. The molecule has 1 heterocycles. The molecule has 0 amide bonds. The quantitative estimate of drug-likeness (QED) is 0.873. The minimum absolute atomic E-state index is 0.0376. The van der Waals surface area contributed by atoms with Gasteiger partial charge in [-0.3, -0.25) is 0 Å². The Kier molecular flexibility index (Phi) is 2.70. The highest BCUT2D eigenvalue weighted by Crippen LogP contribution is 2.55. The number of thiophene rings is 1. The Hall–Kier alpha value is -0.670. The Morgan fingerprint density at radius 1 is 1.14 bits per heavy atom. The van der Waals surface area contributed by atoms with Gasteiger partial charge in [0.1, 0.15) is 0 Å². The third-order valence-corrected chi connectivity index (χ3v) is 7.23. The van der Waals surface area contributed by atoms with E-state index in [1.807, 2.05) is 0 Å². The minimum atomic E-state index is -0.0376. The van der Waals surface area contributed by atoms with Gasteiger partial charge in [0.15, 0.2) is 5.13 Å². The lowest BCUT2D eigenvalue weighted by Gasteiger charge is -2.57. The predicted octanol–water partition coefficient (Wildman–Crippen LogP) is 4.39. The number of rotatable bonds is 3. The Morgan fingerprint density at radius 3 is 2.43 bits per heavy atom. The van der Waals surface area contributed by atoms with Gasteiger partial charge < -0.3 is 5.32 Å². The van der Waals surface area contributed by atoms with E-state index in [9.17, 15) is 4.39 Å². The molecule has 4 fully saturated rings. The van der Waals surface area contributed by atoms with Gasteiger partial charge in [0.05, 0.1) is 0 Å². The van der Waals surface area contributed by atoms with E-state index < -0.39 is 0 Å². The summed E-state index contributed by atoms with van der Waals surface area (Å²) in [5, 5.41) is 3.91. The largest absolute Gasteiger partial charge is 0.307 e.